The van der Waals surface area contributed by atoms with Crippen molar-refractivity contribution in [2.75, 3.05) is 11.1 Å². The maximum Gasteiger partial charge on any atom is 0.141 e. The van der Waals surface area contributed by atoms with Crippen LogP contribution in [-0.2, 0) is 0 Å². The molecule has 0 saturated carbocycles. The van der Waals surface area contributed by atoms with Gasteiger partial charge in [0.15, 0.2) is 0 Å². The summed E-state index contributed by atoms with van der Waals surface area (Å²) in [6, 6.07) is 11.0. The molecular weight excluding hydrogens is 253 g/mol. The molecule has 0 saturated heterocycles. The predicted molar refractivity (Wildman–Crippen MR) is 70.3 cm³/mol. The Morgan fingerprint density at radius 1 is 1.22 bits per heavy atom. The summed E-state index contributed by atoms with van der Waals surface area (Å²) < 4.78 is 13.1. The number of nitrogens with one attached hydrogen (secondary N) is 1. The Morgan fingerprint density at radius 2 is 2.00 bits per heavy atom. The van der Waals surface area contributed by atoms with Crippen LogP contribution < -0.4 is 11.1 Å². The first-order chi connectivity index (χ1) is 8.60. The number of hydrogen-bond donors (Lipinski definition) is 2. The molecule has 0 amide bonds. The van der Waals surface area contributed by atoms with Crippen molar-refractivity contribution in [3.63, 3.8) is 0 Å². The van der Waals surface area contributed by atoms with Crippen LogP contribution >= 0.6 is 11.6 Å². The number of anilines is 3. The minimum absolute atomic E-state index is 0.0217. The van der Waals surface area contributed by atoms with Gasteiger partial charge in [-0.25, -0.2) is 4.39 Å². The third kappa shape index (κ3) is 2.53. The summed E-state index contributed by atoms with van der Waals surface area (Å²) in [6.45, 7) is 0. The highest BCUT2D eigenvalue weighted by molar-refractivity contribution is 6.33. The Morgan fingerprint density at radius 3 is 2.67 bits per heavy atom. The fraction of sp³-hybridized carbons (Fsp3) is 0. The first kappa shape index (κ1) is 12.2. The van der Waals surface area contributed by atoms with E-state index in [0.717, 1.165) is 0 Å². The smallest absolute Gasteiger partial charge is 0.141 e. The van der Waals surface area contributed by atoms with Crippen molar-refractivity contribution in [2.45, 2.75) is 0 Å². The SMILES string of the molecule is N#Cc1cc(Nc2ccc(N)cc2Cl)ccc1F. The monoisotopic (exact) mass is 261 g/mol. The zero-order valence-electron chi connectivity index (χ0n) is 9.24. The molecule has 0 aliphatic carbocycles. The van der Waals surface area contributed by atoms with Gasteiger partial charge in [-0.1, -0.05) is 11.6 Å². The molecule has 2 rings (SSSR count). The van der Waals surface area contributed by atoms with Crippen LogP contribution in [0, 0.1) is 17.1 Å². The largest absolute Gasteiger partial charge is 0.399 e. The fourth-order valence-electron chi connectivity index (χ4n) is 1.48. The summed E-state index contributed by atoms with van der Waals surface area (Å²) in [5.74, 6) is -0.550. The Labute approximate surface area is 109 Å². The average molecular weight is 262 g/mol. The van der Waals surface area contributed by atoms with Gasteiger partial charge >= 0.3 is 0 Å². The highest BCUT2D eigenvalue weighted by Crippen LogP contribution is 2.27. The minimum atomic E-state index is -0.550. The zero-order chi connectivity index (χ0) is 13.1. The van der Waals surface area contributed by atoms with E-state index in [2.05, 4.69) is 5.32 Å². The summed E-state index contributed by atoms with van der Waals surface area (Å²) in [5.41, 5.74) is 7.34. The van der Waals surface area contributed by atoms with Gasteiger partial charge < -0.3 is 11.1 Å². The van der Waals surface area contributed by atoms with Crippen LogP contribution in [0.25, 0.3) is 0 Å². The Bertz CT molecular complexity index is 635. The quantitative estimate of drug-likeness (QED) is 0.811. The number of nitrogens with two attached hydrogens (primary N) is 1. The first-order valence-electron chi connectivity index (χ1n) is 5.12. The van der Waals surface area contributed by atoms with Crippen LogP contribution in [0.4, 0.5) is 21.5 Å². The van der Waals surface area contributed by atoms with E-state index < -0.39 is 5.82 Å². The number of nitriles is 1. The molecule has 0 aliphatic heterocycles. The van der Waals surface area contributed by atoms with Crippen molar-refractivity contribution in [3.05, 3.63) is 52.8 Å². The van der Waals surface area contributed by atoms with Crippen LogP contribution in [0.3, 0.4) is 0 Å². The number of nitrogens with zero attached hydrogens (tertiary/aromatic N) is 1. The molecule has 2 aromatic rings. The van der Waals surface area contributed by atoms with E-state index in [1.54, 1.807) is 24.3 Å². The van der Waals surface area contributed by atoms with Crippen LogP contribution in [-0.4, -0.2) is 0 Å². The van der Waals surface area contributed by atoms with Gasteiger partial charge in [0.1, 0.15) is 11.9 Å². The van der Waals surface area contributed by atoms with Crippen molar-refractivity contribution in [1.82, 2.24) is 0 Å². The van der Waals surface area contributed by atoms with E-state index in [1.807, 2.05) is 0 Å². The van der Waals surface area contributed by atoms with Crippen molar-refractivity contribution in [2.24, 2.45) is 0 Å². The lowest BCUT2D eigenvalue weighted by molar-refractivity contribution is 0.624. The lowest BCUT2D eigenvalue weighted by atomic mass is 10.2. The molecule has 5 heteroatoms. The summed E-state index contributed by atoms with van der Waals surface area (Å²) in [6.07, 6.45) is 0. The highest BCUT2D eigenvalue weighted by Gasteiger charge is 2.05. The topological polar surface area (TPSA) is 61.8 Å². The van der Waals surface area contributed by atoms with Crippen LogP contribution in [0.15, 0.2) is 36.4 Å². The summed E-state index contributed by atoms with van der Waals surface area (Å²) in [4.78, 5) is 0. The Hall–Kier alpha value is -2.25. The summed E-state index contributed by atoms with van der Waals surface area (Å²) in [5, 5.41) is 12.2. The maximum absolute atomic E-state index is 13.1. The predicted octanol–water partition coefficient (Wildman–Crippen LogP) is 3.68. The highest BCUT2D eigenvalue weighted by atomic mass is 35.5. The number of benzene rings is 2. The lowest BCUT2D eigenvalue weighted by Gasteiger charge is -2.09. The lowest BCUT2D eigenvalue weighted by Crippen LogP contribution is -1.94. The minimum Gasteiger partial charge on any atom is -0.399 e. The summed E-state index contributed by atoms with van der Waals surface area (Å²) in [7, 11) is 0. The van der Waals surface area contributed by atoms with Crippen LogP contribution in [0.1, 0.15) is 5.56 Å². The average Bonchev–Trinajstić information content (AvgIpc) is 2.35. The molecule has 3 N–H and O–H groups in total. The van der Waals surface area contributed by atoms with E-state index in [-0.39, 0.29) is 5.56 Å². The molecule has 0 unspecified atom stereocenters. The van der Waals surface area contributed by atoms with Crippen molar-refractivity contribution < 1.29 is 4.39 Å². The standard InChI is InChI=1S/C13H9ClFN3/c14-11-6-9(17)1-4-13(11)18-10-2-3-12(15)8(5-10)7-16/h1-6,18H,17H2. The van der Waals surface area contributed by atoms with E-state index >= 15 is 0 Å². The second kappa shape index (κ2) is 4.94. The number of nitrogen functional groups attached to an aromatic ring is 1. The third-order valence-corrected chi connectivity index (χ3v) is 2.67. The molecule has 0 atom stereocenters. The third-order valence-electron chi connectivity index (χ3n) is 2.36. The van der Waals surface area contributed by atoms with Crippen molar-refractivity contribution in [1.29, 1.82) is 5.26 Å². The zero-order valence-corrected chi connectivity index (χ0v) is 10.0. The number of halogens is 2. The molecule has 18 heavy (non-hydrogen) atoms. The molecule has 3 nitrogen and oxygen atoms in total. The van der Waals surface area contributed by atoms with Crippen LogP contribution in [0.5, 0.6) is 0 Å². The molecule has 0 spiro atoms. The molecule has 90 valence electrons. The molecular formula is C13H9ClFN3. The van der Waals surface area contributed by atoms with E-state index in [0.29, 0.717) is 22.1 Å². The molecule has 2 aromatic carbocycles. The van der Waals surface area contributed by atoms with Crippen LogP contribution in [0.2, 0.25) is 5.02 Å². The summed E-state index contributed by atoms with van der Waals surface area (Å²) >= 11 is 6.00. The van der Waals surface area contributed by atoms with Gasteiger partial charge in [-0.3, -0.25) is 0 Å². The van der Waals surface area contributed by atoms with E-state index in [4.69, 9.17) is 22.6 Å². The van der Waals surface area contributed by atoms with E-state index in [1.165, 1.54) is 18.2 Å². The van der Waals surface area contributed by atoms with Gasteiger partial charge in [-0.15, -0.1) is 0 Å². The maximum atomic E-state index is 13.1. The van der Waals surface area contributed by atoms with Gasteiger partial charge in [-0.2, -0.15) is 5.26 Å². The molecule has 0 radical (unpaired) electrons. The number of hydrogen-bond acceptors (Lipinski definition) is 3. The normalized spacial score (nSPS) is 9.83. The number of rotatable bonds is 2. The molecule has 0 aliphatic rings. The van der Waals surface area contributed by atoms with Gasteiger partial charge in [-0.05, 0) is 36.4 Å². The van der Waals surface area contributed by atoms with Gasteiger partial charge in [0.05, 0.1) is 16.3 Å². The van der Waals surface area contributed by atoms with Gasteiger partial charge in [0, 0.05) is 11.4 Å². The molecule has 0 aromatic heterocycles. The van der Waals surface area contributed by atoms with Gasteiger partial charge in [0.25, 0.3) is 0 Å². The van der Waals surface area contributed by atoms with Crippen molar-refractivity contribution >= 4 is 28.7 Å². The Balaban J connectivity index is 2.32. The fourth-order valence-corrected chi connectivity index (χ4v) is 1.71. The first-order valence-corrected chi connectivity index (χ1v) is 5.49. The van der Waals surface area contributed by atoms with E-state index in [9.17, 15) is 4.39 Å². The molecule has 0 fully saturated rings. The van der Waals surface area contributed by atoms with Gasteiger partial charge in [0.2, 0.25) is 0 Å². The second-order valence-electron chi connectivity index (χ2n) is 3.67. The Kier molecular flexibility index (Phi) is 3.35. The molecule has 0 bridgehead atoms. The second-order valence-corrected chi connectivity index (χ2v) is 4.08. The molecule has 0 heterocycles. The van der Waals surface area contributed by atoms with Crippen molar-refractivity contribution in [3.8, 4) is 6.07 Å².